The van der Waals surface area contributed by atoms with E-state index in [4.69, 9.17) is 11.6 Å². The van der Waals surface area contributed by atoms with E-state index in [-0.39, 0.29) is 17.3 Å². The first-order chi connectivity index (χ1) is 14.8. The fourth-order valence-corrected chi connectivity index (χ4v) is 5.70. The van der Waals surface area contributed by atoms with Crippen molar-refractivity contribution in [2.45, 2.75) is 32.2 Å². The maximum atomic E-state index is 12.7. The molecule has 0 spiro atoms. The van der Waals surface area contributed by atoms with Crippen molar-refractivity contribution < 1.29 is 13.2 Å². The van der Waals surface area contributed by atoms with E-state index < -0.39 is 10.0 Å². The van der Waals surface area contributed by atoms with Gasteiger partial charge in [-0.2, -0.15) is 4.31 Å². The fourth-order valence-electron chi connectivity index (χ4n) is 3.17. The third kappa shape index (κ3) is 5.33. The highest BCUT2D eigenvalue weighted by Gasteiger charge is 2.22. The third-order valence-electron chi connectivity index (χ3n) is 4.80. The van der Waals surface area contributed by atoms with Crippen molar-refractivity contribution in [2.75, 3.05) is 13.1 Å². The largest absolute Gasteiger partial charge is 0.346 e. The van der Waals surface area contributed by atoms with E-state index in [2.05, 4.69) is 10.3 Å². The van der Waals surface area contributed by atoms with Gasteiger partial charge in [-0.15, -0.1) is 11.3 Å². The first-order valence-corrected chi connectivity index (χ1v) is 12.5. The fraction of sp³-hybridized carbons (Fsp3) is 0.273. The van der Waals surface area contributed by atoms with E-state index in [0.29, 0.717) is 23.7 Å². The minimum Gasteiger partial charge on any atom is -0.346 e. The van der Waals surface area contributed by atoms with Crippen LogP contribution in [0.2, 0.25) is 5.02 Å². The highest BCUT2D eigenvalue weighted by atomic mass is 35.5. The van der Waals surface area contributed by atoms with Crippen LogP contribution in [0.5, 0.6) is 0 Å². The minimum atomic E-state index is -3.63. The average Bonchev–Trinajstić information content (AvgIpc) is 3.14. The van der Waals surface area contributed by atoms with Crippen LogP contribution in [0.25, 0.3) is 11.3 Å². The summed E-state index contributed by atoms with van der Waals surface area (Å²) in [6.07, 6.45) is 0. The van der Waals surface area contributed by atoms with E-state index in [1.54, 1.807) is 26.0 Å². The molecule has 1 amide bonds. The Kier molecular flexibility index (Phi) is 7.48. The van der Waals surface area contributed by atoms with Gasteiger partial charge >= 0.3 is 0 Å². The van der Waals surface area contributed by atoms with Gasteiger partial charge in [0, 0.05) is 34.1 Å². The lowest BCUT2D eigenvalue weighted by molar-refractivity contribution is 0.0950. The zero-order valence-electron chi connectivity index (χ0n) is 17.6. The number of hydrogen-bond donors (Lipinski definition) is 1. The monoisotopic (exact) mass is 477 g/mol. The number of amides is 1. The van der Waals surface area contributed by atoms with Crippen LogP contribution < -0.4 is 5.32 Å². The minimum absolute atomic E-state index is 0.110. The number of aromatic nitrogens is 1. The molecule has 31 heavy (non-hydrogen) atoms. The van der Waals surface area contributed by atoms with Crippen LogP contribution in [0.3, 0.4) is 0 Å². The zero-order valence-corrected chi connectivity index (χ0v) is 19.9. The highest BCUT2D eigenvalue weighted by molar-refractivity contribution is 7.89. The lowest BCUT2D eigenvalue weighted by Gasteiger charge is -2.18. The van der Waals surface area contributed by atoms with E-state index in [9.17, 15) is 13.2 Å². The highest BCUT2D eigenvalue weighted by Crippen LogP contribution is 2.28. The van der Waals surface area contributed by atoms with Crippen molar-refractivity contribution in [3.63, 3.8) is 0 Å². The summed E-state index contributed by atoms with van der Waals surface area (Å²) in [5.41, 5.74) is 2.11. The second kappa shape index (κ2) is 9.91. The second-order valence-electron chi connectivity index (χ2n) is 6.82. The number of sulfonamides is 1. The van der Waals surface area contributed by atoms with Gasteiger partial charge in [0.25, 0.3) is 5.91 Å². The molecule has 0 unspecified atom stereocenters. The smallest absolute Gasteiger partial charge is 0.251 e. The zero-order chi connectivity index (χ0) is 22.6. The number of carbonyl (C=O) groups excluding carboxylic acids is 1. The van der Waals surface area contributed by atoms with E-state index in [1.807, 2.05) is 31.2 Å². The molecule has 0 aliphatic carbocycles. The molecule has 1 aromatic heterocycles. The number of rotatable bonds is 8. The van der Waals surface area contributed by atoms with Crippen LogP contribution in [-0.2, 0) is 16.6 Å². The van der Waals surface area contributed by atoms with Gasteiger partial charge in [-0.05, 0) is 37.3 Å². The van der Waals surface area contributed by atoms with E-state index in [0.717, 1.165) is 21.1 Å². The molecule has 2 aromatic carbocycles. The number of aryl methyl sites for hydroxylation is 1. The normalized spacial score (nSPS) is 11.6. The molecule has 0 aliphatic rings. The Bertz CT molecular complexity index is 1170. The Morgan fingerprint density at radius 1 is 1.13 bits per heavy atom. The lowest BCUT2D eigenvalue weighted by Crippen LogP contribution is -2.31. The van der Waals surface area contributed by atoms with Crippen LogP contribution in [0.15, 0.2) is 53.4 Å². The van der Waals surface area contributed by atoms with Gasteiger partial charge in [-0.25, -0.2) is 13.4 Å². The molecule has 6 nitrogen and oxygen atoms in total. The van der Waals surface area contributed by atoms with Gasteiger partial charge in [-0.1, -0.05) is 43.6 Å². The van der Waals surface area contributed by atoms with Crippen LogP contribution in [0, 0.1) is 6.92 Å². The van der Waals surface area contributed by atoms with Crippen molar-refractivity contribution in [1.82, 2.24) is 14.6 Å². The Morgan fingerprint density at radius 3 is 2.45 bits per heavy atom. The summed E-state index contributed by atoms with van der Waals surface area (Å²) in [7, 11) is -3.63. The van der Waals surface area contributed by atoms with Crippen molar-refractivity contribution >= 4 is 38.9 Å². The van der Waals surface area contributed by atoms with Crippen molar-refractivity contribution in [3.05, 3.63) is 69.0 Å². The Balaban J connectivity index is 1.73. The maximum absolute atomic E-state index is 12.7. The van der Waals surface area contributed by atoms with Gasteiger partial charge in [0.15, 0.2) is 0 Å². The van der Waals surface area contributed by atoms with Gasteiger partial charge < -0.3 is 5.32 Å². The molecule has 0 fully saturated rings. The van der Waals surface area contributed by atoms with Crippen molar-refractivity contribution in [3.8, 4) is 11.3 Å². The first-order valence-electron chi connectivity index (χ1n) is 9.87. The Morgan fingerprint density at radius 2 is 1.81 bits per heavy atom. The van der Waals surface area contributed by atoms with Gasteiger partial charge in [-0.3, -0.25) is 4.79 Å². The molecule has 0 saturated heterocycles. The molecule has 0 bridgehead atoms. The standard InChI is InChI=1S/C22H24ClN3O3S2/c1-4-26(5-2)31(28,29)19-8-6-7-17(13-19)22(27)24-14-20-25-21(15(3)30-20)16-9-11-18(23)12-10-16/h6-13H,4-5,14H2,1-3H3,(H,24,27). The number of nitrogens with one attached hydrogen (secondary N) is 1. The molecular formula is C22H24ClN3O3S2. The topological polar surface area (TPSA) is 79.4 Å². The number of benzene rings is 2. The van der Waals surface area contributed by atoms with Crippen molar-refractivity contribution in [2.24, 2.45) is 0 Å². The summed E-state index contributed by atoms with van der Waals surface area (Å²) >= 11 is 7.46. The molecule has 3 aromatic rings. The van der Waals surface area contributed by atoms with E-state index >= 15 is 0 Å². The summed E-state index contributed by atoms with van der Waals surface area (Å²) in [6, 6.07) is 13.6. The molecule has 3 rings (SSSR count). The molecule has 1 heterocycles. The number of thiazole rings is 1. The maximum Gasteiger partial charge on any atom is 0.251 e. The van der Waals surface area contributed by atoms with E-state index in [1.165, 1.54) is 27.8 Å². The van der Waals surface area contributed by atoms with Crippen molar-refractivity contribution in [1.29, 1.82) is 0 Å². The molecule has 0 radical (unpaired) electrons. The predicted molar refractivity (Wildman–Crippen MR) is 125 cm³/mol. The summed E-state index contributed by atoms with van der Waals surface area (Å²) in [6.45, 7) is 6.54. The number of hydrogen-bond acceptors (Lipinski definition) is 5. The van der Waals surface area contributed by atoms with Crippen LogP contribution >= 0.6 is 22.9 Å². The molecule has 0 atom stereocenters. The molecule has 9 heteroatoms. The lowest BCUT2D eigenvalue weighted by atomic mass is 10.1. The van der Waals surface area contributed by atoms with Gasteiger partial charge in [0.1, 0.15) is 5.01 Å². The molecular weight excluding hydrogens is 454 g/mol. The summed E-state index contributed by atoms with van der Waals surface area (Å²) in [5, 5.41) is 4.26. The average molecular weight is 478 g/mol. The quantitative estimate of drug-likeness (QED) is 0.508. The third-order valence-corrected chi connectivity index (χ3v) is 8.07. The summed E-state index contributed by atoms with van der Waals surface area (Å²) < 4.78 is 26.8. The number of carbonyl (C=O) groups is 1. The predicted octanol–water partition coefficient (Wildman–Crippen LogP) is 4.73. The first kappa shape index (κ1) is 23.4. The molecule has 0 saturated carbocycles. The number of nitrogens with zero attached hydrogens (tertiary/aromatic N) is 2. The van der Waals surface area contributed by atoms with Crippen LogP contribution in [0.4, 0.5) is 0 Å². The summed E-state index contributed by atoms with van der Waals surface area (Å²) in [4.78, 5) is 18.4. The van der Waals surface area contributed by atoms with Gasteiger partial charge in [0.2, 0.25) is 10.0 Å². The second-order valence-corrected chi connectivity index (χ2v) is 10.5. The van der Waals surface area contributed by atoms with Gasteiger partial charge in [0.05, 0.1) is 17.1 Å². The molecule has 0 aliphatic heterocycles. The molecule has 1 N–H and O–H groups in total. The Labute approximate surface area is 191 Å². The summed E-state index contributed by atoms with van der Waals surface area (Å²) in [5.74, 6) is -0.350. The number of halogens is 1. The molecule has 164 valence electrons. The van der Waals surface area contributed by atoms with Crippen LogP contribution in [-0.4, -0.2) is 36.7 Å². The van der Waals surface area contributed by atoms with Crippen LogP contribution in [0.1, 0.15) is 34.1 Å². The SMILES string of the molecule is CCN(CC)S(=O)(=O)c1cccc(C(=O)NCc2nc(-c3ccc(Cl)cc3)c(C)s2)c1. The Hall–Kier alpha value is -2.26.